The molecule has 0 aromatic carbocycles. The maximum Gasteiger partial charge on any atom is 0.328 e. The minimum Gasteiger partial charge on any atom is -0.394 e. The molecule has 6 rings (SSSR count). The number of ether oxygens (including phenoxy) is 2. The zero-order valence-electron chi connectivity index (χ0n) is 23.9. The SMILES string of the molecule is Cc1ncnc2c1ncn2[C@@H]1O[C@H](COP(C)(=O)OC2C(C)[C@@H](CO)O[C@H]2n2cnc3c(C)ncnc32)C(C)C1C. The van der Waals surface area contributed by atoms with Gasteiger partial charge in [0.25, 0.3) is 0 Å². The second-order valence-corrected chi connectivity index (χ2v) is 13.1. The molecule has 0 spiro atoms. The third-order valence-corrected chi connectivity index (χ3v) is 9.72. The van der Waals surface area contributed by atoms with Crippen molar-refractivity contribution in [3.8, 4) is 0 Å². The van der Waals surface area contributed by atoms with Gasteiger partial charge in [0, 0.05) is 18.5 Å². The van der Waals surface area contributed by atoms with Crippen molar-refractivity contribution in [2.45, 2.75) is 65.4 Å². The van der Waals surface area contributed by atoms with Gasteiger partial charge < -0.3 is 23.6 Å². The van der Waals surface area contributed by atoms with Gasteiger partial charge in [0.15, 0.2) is 17.5 Å². The van der Waals surface area contributed by atoms with Gasteiger partial charge in [-0.2, -0.15) is 0 Å². The molecule has 14 nitrogen and oxygen atoms in total. The molecular formula is C26H35N8O6P. The first kappa shape index (κ1) is 28.3. The van der Waals surface area contributed by atoms with Crippen LogP contribution in [-0.4, -0.2) is 82.3 Å². The van der Waals surface area contributed by atoms with E-state index in [2.05, 4.69) is 43.8 Å². The van der Waals surface area contributed by atoms with Gasteiger partial charge in [-0.3, -0.25) is 13.7 Å². The number of aryl methyl sites for hydroxylation is 2. The van der Waals surface area contributed by atoms with Crippen LogP contribution < -0.4 is 0 Å². The maximum absolute atomic E-state index is 13.7. The quantitative estimate of drug-likeness (QED) is 0.301. The molecule has 2 aliphatic rings. The Morgan fingerprint density at radius 3 is 1.98 bits per heavy atom. The van der Waals surface area contributed by atoms with Crippen LogP contribution in [0.2, 0.25) is 0 Å². The van der Waals surface area contributed by atoms with E-state index in [4.69, 9.17) is 18.5 Å². The number of nitrogens with zero attached hydrogens (tertiary/aromatic N) is 8. The number of hydrogen-bond acceptors (Lipinski definition) is 12. The lowest BCUT2D eigenvalue weighted by molar-refractivity contribution is -0.0505. The van der Waals surface area contributed by atoms with E-state index in [1.54, 1.807) is 17.2 Å². The number of fused-ring (bicyclic) bond motifs is 2. The minimum atomic E-state index is -3.60. The molecular weight excluding hydrogens is 551 g/mol. The van der Waals surface area contributed by atoms with Crippen molar-refractivity contribution < 1.29 is 28.2 Å². The van der Waals surface area contributed by atoms with Crippen LogP contribution in [0, 0.1) is 31.6 Å². The van der Waals surface area contributed by atoms with Crippen LogP contribution in [-0.2, 0) is 23.1 Å². The van der Waals surface area contributed by atoms with Crippen LogP contribution in [0.3, 0.4) is 0 Å². The fourth-order valence-electron chi connectivity index (χ4n) is 5.74. The van der Waals surface area contributed by atoms with Gasteiger partial charge >= 0.3 is 7.60 Å². The number of aliphatic hydroxyl groups excluding tert-OH is 1. The topological polar surface area (TPSA) is 161 Å². The summed E-state index contributed by atoms with van der Waals surface area (Å²) in [6.07, 6.45) is 3.73. The molecule has 1 N–H and O–H groups in total. The average molecular weight is 587 g/mol. The Bertz CT molecular complexity index is 1610. The zero-order chi connectivity index (χ0) is 29.1. The second kappa shape index (κ2) is 10.8. The minimum absolute atomic E-state index is 0.0763. The highest BCUT2D eigenvalue weighted by atomic mass is 31.2. The number of aliphatic hydroxyl groups is 1. The summed E-state index contributed by atoms with van der Waals surface area (Å²) in [5.41, 5.74) is 4.17. The third-order valence-electron chi connectivity index (χ3n) is 8.48. The van der Waals surface area contributed by atoms with Gasteiger partial charge in [-0.15, -0.1) is 0 Å². The number of aromatic nitrogens is 8. The van der Waals surface area contributed by atoms with Crippen molar-refractivity contribution in [3.05, 3.63) is 36.7 Å². The average Bonchev–Trinajstić information content (AvgIpc) is 3.70. The molecule has 2 aliphatic heterocycles. The van der Waals surface area contributed by atoms with Crippen molar-refractivity contribution in [2.75, 3.05) is 19.9 Å². The molecule has 0 aliphatic carbocycles. The first-order valence-electron chi connectivity index (χ1n) is 13.7. The van der Waals surface area contributed by atoms with Crippen LogP contribution in [0.5, 0.6) is 0 Å². The van der Waals surface area contributed by atoms with E-state index in [0.29, 0.717) is 16.8 Å². The summed E-state index contributed by atoms with van der Waals surface area (Å²) in [4.78, 5) is 26.1. The summed E-state index contributed by atoms with van der Waals surface area (Å²) in [7, 11) is -3.60. The van der Waals surface area contributed by atoms with E-state index in [1.165, 1.54) is 19.3 Å². The lowest BCUT2D eigenvalue weighted by Crippen LogP contribution is -2.29. The van der Waals surface area contributed by atoms with Crippen LogP contribution in [0.4, 0.5) is 0 Å². The van der Waals surface area contributed by atoms with E-state index < -0.39 is 26.0 Å². The Kier molecular flexibility index (Phi) is 7.41. The Balaban J connectivity index is 1.18. The van der Waals surface area contributed by atoms with Crippen molar-refractivity contribution in [1.29, 1.82) is 0 Å². The Morgan fingerprint density at radius 1 is 0.829 bits per heavy atom. The fraction of sp³-hybridized carbons (Fsp3) is 0.615. The smallest absolute Gasteiger partial charge is 0.328 e. The number of imidazole rings is 2. The Labute approximate surface area is 237 Å². The van der Waals surface area contributed by atoms with E-state index >= 15 is 0 Å². The van der Waals surface area contributed by atoms with Crippen LogP contribution in [0.15, 0.2) is 25.3 Å². The molecule has 5 unspecified atom stereocenters. The first-order valence-corrected chi connectivity index (χ1v) is 15.7. The highest BCUT2D eigenvalue weighted by molar-refractivity contribution is 7.53. The molecule has 2 fully saturated rings. The van der Waals surface area contributed by atoms with E-state index in [-0.39, 0.29) is 43.3 Å². The molecule has 0 saturated carbocycles. The highest BCUT2D eigenvalue weighted by Crippen LogP contribution is 2.52. The summed E-state index contributed by atoms with van der Waals surface area (Å²) in [6.45, 7) is 11.1. The summed E-state index contributed by atoms with van der Waals surface area (Å²) in [6, 6.07) is 0. The monoisotopic (exact) mass is 586 g/mol. The molecule has 4 aromatic rings. The molecule has 9 atom stereocenters. The van der Waals surface area contributed by atoms with E-state index in [1.807, 2.05) is 25.3 Å². The van der Waals surface area contributed by atoms with E-state index in [0.717, 1.165) is 16.9 Å². The van der Waals surface area contributed by atoms with Gasteiger partial charge in [-0.25, -0.2) is 29.9 Å². The van der Waals surface area contributed by atoms with Crippen molar-refractivity contribution in [1.82, 2.24) is 39.0 Å². The van der Waals surface area contributed by atoms with Gasteiger partial charge in [-0.05, 0) is 19.8 Å². The molecule has 4 aromatic heterocycles. The largest absolute Gasteiger partial charge is 0.394 e. The van der Waals surface area contributed by atoms with Crippen LogP contribution in [0.25, 0.3) is 22.3 Å². The molecule has 0 radical (unpaired) electrons. The predicted molar refractivity (Wildman–Crippen MR) is 147 cm³/mol. The van der Waals surface area contributed by atoms with Gasteiger partial charge in [0.2, 0.25) is 0 Å². The third kappa shape index (κ3) is 4.96. The second-order valence-electron chi connectivity index (χ2n) is 11.1. The molecule has 6 heterocycles. The fourth-order valence-corrected chi connectivity index (χ4v) is 6.96. The van der Waals surface area contributed by atoms with E-state index in [9.17, 15) is 9.67 Å². The van der Waals surface area contributed by atoms with Crippen molar-refractivity contribution >= 4 is 29.9 Å². The van der Waals surface area contributed by atoms with Gasteiger partial charge in [0.05, 0.1) is 49.5 Å². The lowest BCUT2D eigenvalue weighted by atomic mass is 9.93. The summed E-state index contributed by atoms with van der Waals surface area (Å²) >= 11 is 0. The molecule has 0 amide bonds. The molecule has 2 saturated heterocycles. The maximum atomic E-state index is 13.7. The highest BCUT2D eigenvalue weighted by Gasteiger charge is 2.47. The standard InChI is InChI=1S/C26H35N8O6P/c1-13-14(2)25(33-11-31-20-16(4)27-9-29-23(20)33)39-19(13)8-37-41(6,36)40-22-15(3)18(7-35)38-26(22)34-12-32-21-17(5)28-10-30-24(21)34/h9-15,18-19,22,25-26,35H,7-8H2,1-6H3/t13?,14?,15?,18-,19-,22?,25-,26-,41?/m1/s1. The first-order chi connectivity index (χ1) is 19.6. The molecule has 15 heteroatoms. The number of rotatable bonds is 8. The Morgan fingerprint density at radius 2 is 1.39 bits per heavy atom. The predicted octanol–water partition coefficient (Wildman–Crippen LogP) is 3.20. The molecule has 0 bridgehead atoms. The van der Waals surface area contributed by atoms with Crippen LogP contribution in [0.1, 0.15) is 44.6 Å². The van der Waals surface area contributed by atoms with Gasteiger partial charge in [0.1, 0.15) is 36.0 Å². The summed E-state index contributed by atoms with van der Waals surface area (Å²) < 4.78 is 42.0. The van der Waals surface area contributed by atoms with Crippen molar-refractivity contribution in [2.24, 2.45) is 17.8 Å². The summed E-state index contributed by atoms with van der Waals surface area (Å²) in [5.74, 6) is -0.0690. The lowest BCUT2D eigenvalue weighted by Gasteiger charge is -2.27. The number of hydrogen-bond donors (Lipinski definition) is 1. The zero-order valence-corrected chi connectivity index (χ0v) is 24.8. The normalized spacial score (nSPS) is 31.8. The van der Waals surface area contributed by atoms with Crippen molar-refractivity contribution in [3.63, 3.8) is 0 Å². The summed E-state index contributed by atoms with van der Waals surface area (Å²) in [5, 5.41) is 9.95. The van der Waals surface area contributed by atoms with Gasteiger partial charge in [-0.1, -0.05) is 20.8 Å². The molecule has 41 heavy (non-hydrogen) atoms. The molecule has 220 valence electrons. The van der Waals surface area contributed by atoms with Crippen LogP contribution >= 0.6 is 7.60 Å². The Hall–Kier alpha value is -2.87.